The van der Waals surface area contributed by atoms with Crippen molar-refractivity contribution in [3.63, 3.8) is 0 Å². The maximum Gasteiger partial charge on any atom is 0.416 e. The Balaban J connectivity index is 1.01. The van der Waals surface area contributed by atoms with Crippen molar-refractivity contribution < 1.29 is 23.4 Å². The Bertz CT molecular complexity index is 1480. The summed E-state index contributed by atoms with van der Waals surface area (Å²) in [6.45, 7) is 0.674. The third-order valence-electron chi connectivity index (χ3n) is 8.67. The van der Waals surface area contributed by atoms with E-state index in [4.69, 9.17) is 5.73 Å². The molecule has 39 heavy (non-hydrogen) atoms. The van der Waals surface area contributed by atoms with E-state index in [1.165, 1.54) is 12.4 Å². The molecule has 0 radical (unpaired) electrons. The Morgan fingerprint density at radius 2 is 1.92 bits per heavy atom. The van der Waals surface area contributed by atoms with Gasteiger partial charge in [-0.05, 0) is 62.9 Å². The van der Waals surface area contributed by atoms with Crippen LogP contribution in [0.3, 0.4) is 0 Å². The second kappa shape index (κ2) is 9.76. The fourth-order valence-electron chi connectivity index (χ4n) is 6.32. The summed E-state index contributed by atoms with van der Waals surface area (Å²) >= 11 is 0. The first-order chi connectivity index (χ1) is 18.6. The number of nitrogens with zero attached hydrogens (tertiary/aromatic N) is 5. The zero-order chi connectivity index (χ0) is 27.5. The minimum Gasteiger partial charge on any atom is -0.390 e. The molecule has 2 fully saturated rings. The quantitative estimate of drug-likeness (QED) is 0.281. The number of fused-ring (bicyclic) bond motifs is 2. The third-order valence-corrected chi connectivity index (χ3v) is 8.67. The first kappa shape index (κ1) is 26.0. The molecule has 4 aromatic rings. The molecule has 0 aliphatic heterocycles. The van der Waals surface area contributed by atoms with Gasteiger partial charge in [-0.1, -0.05) is 0 Å². The van der Waals surface area contributed by atoms with Crippen LogP contribution in [-0.4, -0.2) is 71.5 Å². The molecular weight excluding hydrogens is 511 g/mol. The minimum atomic E-state index is -4.38. The molecule has 1 aromatic carbocycles. The van der Waals surface area contributed by atoms with E-state index in [2.05, 4.69) is 31.9 Å². The van der Waals surface area contributed by atoms with Gasteiger partial charge in [-0.3, -0.25) is 0 Å². The van der Waals surface area contributed by atoms with Crippen LogP contribution >= 0.6 is 0 Å². The summed E-state index contributed by atoms with van der Waals surface area (Å²) < 4.78 is 40.8. The number of aliphatic hydroxyl groups is 2. The number of aromatic nitrogens is 5. The summed E-state index contributed by atoms with van der Waals surface area (Å²) in [5.41, 5.74) is 6.87. The van der Waals surface area contributed by atoms with E-state index >= 15 is 0 Å². The van der Waals surface area contributed by atoms with Gasteiger partial charge in [0.15, 0.2) is 0 Å². The zero-order valence-electron chi connectivity index (χ0n) is 21.5. The van der Waals surface area contributed by atoms with Crippen LogP contribution in [0.2, 0.25) is 0 Å². The Labute approximate surface area is 222 Å². The second-order valence-electron chi connectivity index (χ2n) is 11.1. The van der Waals surface area contributed by atoms with E-state index in [1.807, 2.05) is 16.8 Å². The number of aromatic amines is 1. The zero-order valence-corrected chi connectivity index (χ0v) is 21.5. The van der Waals surface area contributed by atoms with Gasteiger partial charge in [0.1, 0.15) is 29.7 Å². The van der Waals surface area contributed by atoms with Crippen LogP contribution < -0.4 is 5.73 Å². The molecule has 0 spiro atoms. The number of aliphatic hydroxyl groups excluding tert-OH is 2. The van der Waals surface area contributed by atoms with Crippen LogP contribution in [0, 0.1) is 11.8 Å². The number of halogens is 3. The summed E-state index contributed by atoms with van der Waals surface area (Å²) in [5.74, 6) is 1.53. The van der Waals surface area contributed by atoms with E-state index in [9.17, 15) is 23.4 Å². The second-order valence-corrected chi connectivity index (χ2v) is 11.1. The highest BCUT2D eigenvalue weighted by Crippen LogP contribution is 2.40. The van der Waals surface area contributed by atoms with Crippen molar-refractivity contribution >= 4 is 27.9 Å². The minimum absolute atomic E-state index is 0.0807. The van der Waals surface area contributed by atoms with E-state index < -0.39 is 23.9 Å². The lowest BCUT2D eigenvalue weighted by molar-refractivity contribution is -0.137. The van der Waals surface area contributed by atoms with Crippen LogP contribution in [-0.2, 0) is 12.6 Å². The normalized spacial score (nSPS) is 27.6. The maximum atomic E-state index is 13.0. The largest absolute Gasteiger partial charge is 0.416 e. The summed E-state index contributed by atoms with van der Waals surface area (Å²) in [6.07, 6.45) is 1.38. The highest BCUT2D eigenvalue weighted by atomic mass is 19.4. The van der Waals surface area contributed by atoms with Gasteiger partial charge in [-0.2, -0.15) is 13.2 Å². The SMILES string of the molecule is CN(C[C@H]1C[C@@H](n2ccc3c(N)ncnc32)[C@H](O)[C@@H]1O)[C@H]1C[C@H](CCc2nc3cc(C(F)(F)F)ccc3[nH]2)C1. The molecule has 0 bridgehead atoms. The van der Waals surface area contributed by atoms with Crippen molar-refractivity contribution in [2.45, 2.75) is 62.6 Å². The monoisotopic (exact) mass is 543 g/mol. The van der Waals surface area contributed by atoms with Gasteiger partial charge in [0.05, 0.1) is 34.1 Å². The predicted octanol–water partition coefficient (Wildman–Crippen LogP) is 3.53. The summed E-state index contributed by atoms with van der Waals surface area (Å²) in [5, 5.41) is 22.4. The molecule has 4 atom stereocenters. The van der Waals surface area contributed by atoms with E-state index in [0.717, 1.165) is 36.8 Å². The Kier molecular flexibility index (Phi) is 6.51. The lowest BCUT2D eigenvalue weighted by atomic mass is 9.76. The number of nitrogens with two attached hydrogens (primary N) is 1. The molecule has 12 heteroatoms. The van der Waals surface area contributed by atoms with Crippen molar-refractivity contribution in [2.24, 2.45) is 11.8 Å². The van der Waals surface area contributed by atoms with Crippen LogP contribution in [0.15, 0.2) is 36.8 Å². The van der Waals surface area contributed by atoms with Crippen molar-refractivity contribution in [2.75, 3.05) is 19.3 Å². The lowest BCUT2D eigenvalue weighted by Crippen LogP contribution is -2.46. The number of alkyl halides is 3. The van der Waals surface area contributed by atoms with Crippen molar-refractivity contribution in [1.82, 2.24) is 29.4 Å². The molecule has 0 saturated heterocycles. The Morgan fingerprint density at radius 3 is 2.69 bits per heavy atom. The fourth-order valence-corrected chi connectivity index (χ4v) is 6.32. The molecule has 0 amide bonds. The standard InChI is InChI=1S/C27H32F3N7O2/c1-36(12-15-10-21(24(39)23(15)38)37-7-6-18-25(31)32-13-33-26(18)37)17-8-14(9-17)2-5-22-34-19-4-3-16(27(28,29)30)11-20(19)35-22/h3-4,6-7,11,13-15,17,21,23-24,38-39H,2,5,8-10,12H2,1H3,(H,34,35)(H2,31,32,33)/t14-,15-,17-,21-,23-,24+/m1/s1. The highest BCUT2D eigenvalue weighted by Gasteiger charge is 2.44. The highest BCUT2D eigenvalue weighted by molar-refractivity contribution is 5.86. The number of aryl methyl sites for hydroxylation is 1. The predicted molar refractivity (Wildman–Crippen MR) is 140 cm³/mol. The molecule has 2 aliphatic carbocycles. The summed E-state index contributed by atoms with van der Waals surface area (Å²) in [6, 6.07) is 5.53. The third kappa shape index (κ3) is 4.85. The Morgan fingerprint density at radius 1 is 1.13 bits per heavy atom. The van der Waals surface area contributed by atoms with Gasteiger partial charge < -0.3 is 30.4 Å². The van der Waals surface area contributed by atoms with Gasteiger partial charge >= 0.3 is 6.18 Å². The number of nitrogen functional groups attached to an aromatic ring is 1. The van der Waals surface area contributed by atoms with Crippen LogP contribution in [0.1, 0.15) is 43.1 Å². The van der Waals surface area contributed by atoms with Crippen LogP contribution in [0.4, 0.5) is 19.0 Å². The maximum absolute atomic E-state index is 13.0. The van der Waals surface area contributed by atoms with E-state index in [1.54, 1.807) is 0 Å². The van der Waals surface area contributed by atoms with Crippen molar-refractivity contribution in [3.8, 4) is 0 Å². The fraction of sp³-hybridized carbons (Fsp3) is 0.519. The number of hydrogen-bond donors (Lipinski definition) is 4. The van der Waals surface area contributed by atoms with Gasteiger partial charge in [0.25, 0.3) is 0 Å². The van der Waals surface area contributed by atoms with Crippen LogP contribution in [0.25, 0.3) is 22.1 Å². The smallest absolute Gasteiger partial charge is 0.390 e. The number of rotatable bonds is 7. The molecule has 2 aliphatic rings. The number of imidazole rings is 1. The van der Waals surface area contributed by atoms with Crippen LogP contribution in [0.5, 0.6) is 0 Å². The van der Waals surface area contributed by atoms with Gasteiger partial charge in [-0.15, -0.1) is 0 Å². The number of H-pyrrole nitrogens is 1. The van der Waals surface area contributed by atoms with Gasteiger partial charge in [0, 0.05) is 31.1 Å². The molecule has 3 heterocycles. The number of benzene rings is 1. The molecule has 208 valence electrons. The topological polar surface area (TPSA) is 129 Å². The molecule has 9 nitrogen and oxygen atoms in total. The van der Waals surface area contributed by atoms with Gasteiger partial charge in [0.2, 0.25) is 0 Å². The van der Waals surface area contributed by atoms with Crippen molar-refractivity contribution in [1.29, 1.82) is 0 Å². The summed E-state index contributed by atoms with van der Waals surface area (Å²) in [4.78, 5) is 18.1. The van der Waals surface area contributed by atoms with E-state index in [-0.39, 0.29) is 12.0 Å². The summed E-state index contributed by atoms with van der Waals surface area (Å²) in [7, 11) is 2.06. The molecule has 6 rings (SSSR count). The number of nitrogens with one attached hydrogen (secondary N) is 1. The first-order valence-electron chi connectivity index (χ1n) is 13.3. The number of anilines is 1. The van der Waals surface area contributed by atoms with Gasteiger partial charge in [-0.25, -0.2) is 15.0 Å². The molecule has 2 saturated carbocycles. The lowest BCUT2D eigenvalue weighted by Gasteiger charge is -2.42. The average Bonchev–Trinajstić information content (AvgIpc) is 3.54. The molecular formula is C27H32F3N7O2. The number of hydrogen-bond acceptors (Lipinski definition) is 7. The molecule has 0 unspecified atom stereocenters. The molecule has 5 N–H and O–H groups in total. The molecule has 3 aromatic heterocycles. The first-order valence-corrected chi connectivity index (χ1v) is 13.3. The van der Waals surface area contributed by atoms with Crippen molar-refractivity contribution in [3.05, 3.63) is 48.2 Å². The average molecular weight is 544 g/mol. The Hall–Kier alpha value is -3.22. The van der Waals surface area contributed by atoms with E-state index in [0.29, 0.717) is 59.7 Å².